The molecule has 6 heavy (non-hydrogen) atoms. The molecule has 0 unspecified atom stereocenters. The second kappa shape index (κ2) is 4.75. The van der Waals surface area contributed by atoms with E-state index >= 15 is 0 Å². The van der Waals surface area contributed by atoms with Crippen LogP contribution in [0, 0.1) is 5.53 Å². The van der Waals surface area contributed by atoms with Gasteiger partial charge in [-0.2, -0.15) is 18.2 Å². The number of hydrogen-bond acceptors (Lipinski definition) is 3. The molecule has 0 aliphatic carbocycles. The van der Waals surface area contributed by atoms with Crippen LogP contribution < -0.4 is 5.43 Å². The smallest absolute Gasteiger partial charge is 0.0434 e. The Labute approximate surface area is 42.0 Å². The van der Waals surface area contributed by atoms with Gasteiger partial charge in [0.2, 0.25) is 0 Å². The predicted octanol–water partition coefficient (Wildman–Crippen LogP) is 0.452. The van der Waals surface area contributed by atoms with Crippen LogP contribution in [0.5, 0.6) is 0 Å². The standard InChI is InChI=1S/C2H7N3S/c3-5-4-1-2-6/h6H,1-2H2,(H2,3,4). The topological polar surface area (TPSA) is 48.2 Å². The van der Waals surface area contributed by atoms with Gasteiger partial charge in [0, 0.05) is 12.3 Å². The molecule has 36 valence electrons. The lowest BCUT2D eigenvalue weighted by atomic mass is 10.8. The Morgan fingerprint density at radius 3 is 2.67 bits per heavy atom. The summed E-state index contributed by atoms with van der Waals surface area (Å²) in [5.74, 6) is 0.725. The maximum Gasteiger partial charge on any atom is 0.0434 e. The van der Waals surface area contributed by atoms with Gasteiger partial charge in [-0.1, -0.05) is 5.22 Å². The minimum absolute atomic E-state index is 0.673. The van der Waals surface area contributed by atoms with Crippen molar-refractivity contribution < 1.29 is 0 Å². The third-order valence-corrected chi connectivity index (χ3v) is 0.526. The van der Waals surface area contributed by atoms with Crippen molar-refractivity contribution in [2.45, 2.75) is 0 Å². The van der Waals surface area contributed by atoms with Crippen molar-refractivity contribution in [2.75, 3.05) is 12.3 Å². The van der Waals surface area contributed by atoms with E-state index in [1.54, 1.807) is 0 Å². The Hall–Kier alpha value is -0.250. The van der Waals surface area contributed by atoms with Crippen LogP contribution in [0.1, 0.15) is 0 Å². The van der Waals surface area contributed by atoms with Gasteiger partial charge in [0.15, 0.2) is 0 Å². The average Bonchev–Trinajstić information content (AvgIpc) is 1.61. The van der Waals surface area contributed by atoms with E-state index in [9.17, 15) is 0 Å². The maximum absolute atomic E-state index is 6.19. The highest BCUT2D eigenvalue weighted by atomic mass is 32.1. The van der Waals surface area contributed by atoms with Gasteiger partial charge in [-0.15, -0.1) is 0 Å². The summed E-state index contributed by atoms with van der Waals surface area (Å²) in [7, 11) is 0. The van der Waals surface area contributed by atoms with Crippen LogP contribution in [0.4, 0.5) is 0 Å². The van der Waals surface area contributed by atoms with E-state index in [4.69, 9.17) is 5.53 Å². The first kappa shape index (κ1) is 5.75. The van der Waals surface area contributed by atoms with Gasteiger partial charge in [-0.25, -0.2) is 0 Å². The molecule has 0 rings (SSSR count). The SMILES string of the molecule is N=NNCCS. The van der Waals surface area contributed by atoms with Gasteiger partial charge in [0.1, 0.15) is 0 Å². The molecular weight excluding hydrogens is 98.1 g/mol. The summed E-state index contributed by atoms with van der Waals surface area (Å²) in [5.41, 5.74) is 8.60. The number of rotatable bonds is 3. The summed E-state index contributed by atoms with van der Waals surface area (Å²) in [4.78, 5) is 0. The lowest BCUT2D eigenvalue weighted by Gasteiger charge is -1.86. The molecule has 0 aliphatic heterocycles. The zero-order valence-electron chi connectivity index (χ0n) is 3.31. The molecule has 0 aromatic carbocycles. The highest BCUT2D eigenvalue weighted by Gasteiger charge is 1.69. The summed E-state index contributed by atoms with van der Waals surface area (Å²) < 4.78 is 0. The first-order chi connectivity index (χ1) is 2.91. The molecule has 0 fully saturated rings. The van der Waals surface area contributed by atoms with Crippen LogP contribution >= 0.6 is 12.6 Å². The largest absolute Gasteiger partial charge is 0.291 e. The zero-order chi connectivity index (χ0) is 4.83. The summed E-state index contributed by atoms with van der Waals surface area (Å²) in [6.45, 7) is 0.673. The fourth-order valence-electron chi connectivity index (χ4n) is 0.106. The zero-order valence-corrected chi connectivity index (χ0v) is 4.20. The number of nitrogens with zero attached hydrogens (tertiary/aromatic N) is 1. The van der Waals surface area contributed by atoms with Crippen LogP contribution in [-0.2, 0) is 0 Å². The second-order valence-electron chi connectivity index (χ2n) is 0.744. The van der Waals surface area contributed by atoms with E-state index in [0.29, 0.717) is 6.54 Å². The highest BCUT2D eigenvalue weighted by molar-refractivity contribution is 7.80. The van der Waals surface area contributed by atoms with Crippen molar-refractivity contribution in [1.29, 1.82) is 5.53 Å². The first-order valence-electron chi connectivity index (χ1n) is 1.62. The predicted molar refractivity (Wildman–Crippen MR) is 27.0 cm³/mol. The Morgan fingerprint density at radius 1 is 1.83 bits per heavy atom. The fourth-order valence-corrected chi connectivity index (χ4v) is 0.206. The van der Waals surface area contributed by atoms with Gasteiger partial charge in [-0.3, -0.25) is 5.43 Å². The van der Waals surface area contributed by atoms with E-state index in [-0.39, 0.29) is 0 Å². The molecule has 0 saturated heterocycles. The molecule has 0 radical (unpaired) electrons. The normalized spacial score (nSPS) is 7.50. The van der Waals surface area contributed by atoms with E-state index in [1.807, 2.05) is 0 Å². The Morgan fingerprint density at radius 2 is 2.50 bits per heavy atom. The molecule has 0 heterocycles. The van der Waals surface area contributed by atoms with Crippen LogP contribution in [-0.4, -0.2) is 12.3 Å². The number of thiol groups is 1. The lowest BCUT2D eigenvalue weighted by Crippen LogP contribution is -2.06. The Balaban J connectivity index is 2.49. The third kappa shape index (κ3) is 3.75. The summed E-state index contributed by atoms with van der Waals surface area (Å²) >= 11 is 3.85. The molecule has 0 aromatic heterocycles. The monoisotopic (exact) mass is 105 g/mol. The lowest BCUT2D eigenvalue weighted by molar-refractivity contribution is 0.710. The van der Waals surface area contributed by atoms with Gasteiger partial charge < -0.3 is 0 Å². The minimum atomic E-state index is 0.673. The molecule has 0 aliphatic rings. The van der Waals surface area contributed by atoms with E-state index in [2.05, 4.69) is 23.3 Å². The highest BCUT2D eigenvalue weighted by Crippen LogP contribution is 1.65. The third-order valence-electron chi connectivity index (χ3n) is 0.303. The van der Waals surface area contributed by atoms with Gasteiger partial charge in [-0.05, 0) is 0 Å². The molecule has 0 saturated carbocycles. The minimum Gasteiger partial charge on any atom is -0.291 e. The molecule has 0 amide bonds. The first-order valence-corrected chi connectivity index (χ1v) is 2.25. The molecule has 0 atom stereocenters. The molecule has 0 spiro atoms. The Kier molecular flexibility index (Phi) is 4.55. The van der Waals surface area contributed by atoms with E-state index in [1.165, 1.54) is 0 Å². The number of nitrogens with one attached hydrogen (secondary N) is 2. The molecular formula is C2H7N3S. The van der Waals surface area contributed by atoms with Crippen molar-refractivity contribution in [3.8, 4) is 0 Å². The summed E-state index contributed by atoms with van der Waals surface area (Å²) in [6.07, 6.45) is 0. The summed E-state index contributed by atoms with van der Waals surface area (Å²) in [5, 5.41) is 2.88. The Bertz CT molecular complexity index is 37.8. The average molecular weight is 105 g/mol. The fraction of sp³-hybridized carbons (Fsp3) is 1.00. The number of hydrogen-bond donors (Lipinski definition) is 3. The van der Waals surface area contributed by atoms with Crippen molar-refractivity contribution in [3.63, 3.8) is 0 Å². The molecule has 0 bridgehead atoms. The van der Waals surface area contributed by atoms with Crippen molar-refractivity contribution in [3.05, 3.63) is 0 Å². The van der Waals surface area contributed by atoms with Crippen LogP contribution in [0.2, 0.25) is 0 Å². The molecule has 0 aromatic rings. The van der Waals surface area contributed by atoms with Crippen LogP contribution in [0.15, 0.2) is 5.22 Å². The second-order valence-corrected chi connectivity index (χ2v) is 1.19. The van der Waals surface area contributed by atoms with E-state index < -0.39 is 0 Å². The maximum atomic E-state index is 6.19. The van der Waals surface area contributed by atoms with Crippen LogP contribution in [0.3, 0.4) is 0 Å². The van der Waals surface area contributed by atoms with Crippen molar-refractivity contribution in [1.82, 2.24) is 5.43 Å². The molecule has 3 nitrogen and oxygen atoms in total. The van der Waals surface area contributed by atoms with Crippen molar-refractivity contribution in [2.24, 2.45) is 5.22 Å². The molecule has 2 N–H and O–H groups in total. The van der Waals surface area contributed by atoms with E-state index in [0.717, 1.165) is 5.75 Å². The summed E-state index contributed by atoms with van der Waals surface area (Å²) in [6, 6.07) is 0. The van der Waals surface area contributed by atoms with Gasteiger partial charge >= 0.3 is 0 Å². The van der Waals surface area contributed by atoms with Gasteiger partial charge in [0.25, 0.3) is 0 Å². The van der Waals surface area contributed by atoms with Gasteiger partial charge in [0.05, 0.1) is 0 Å². The molecule has 4 heteroatoms. The quantitative estimate of drug-likeness (QED) is 0.207. The van der Waals surface area contributed by atoms with Crippen molar-refractivity contribution >= 4 is 12.6 Å². The van der Waals surface area contributed by atoms with Crippen LogP contribution in [0.25, 0.3) is 0 Å².